The fourth-order valence-electron chi connectivity index (χ4n) is 2.84. The van der Waals surface area contributed by atoms with Crippen molar-refractivity contribution in [1.82, 2.24) is 0 Å². The number of hydrogen-bond acceptors (Lipinski definition) is 4. The van der Waals surface area contributed by atoms with Crippen molar-refractivity contribution in [1.29, 1.82) is 0 Å². The van der Waals surface area contributed by atoms with Crippen LogP contribution in [0.5, 0.6) is 0 Å². The molecule has 0 fully saturated rings. The summed E-state index contributed by atoms with van der Waals surface area (Å²) in [4.78, 5) is 10.6. The van der Waals surface area contributed by atoms with Gasteiger partial charge in [0.1, 0.15) is 0 Å². The molecule has 0 aromatic heterocycles. The van der Waals surface area contributed by atoms with E-state index in [-0.39, 0.29) is 12.5 Å². The third kappa shape index (κ3) is 27.7. The Morgan fingerprint density at radius 1 is 0.852 bits per heavy atom. The third-order valence-electron chi connectivity index (χ3n) is 4.66. The molecule has 0 saturated carbocycles. The van der Waals surface area contributed by atoms with Gasteiger partial charge in [-0.1, -0.05) is 97.3 Å². The minimum Gasteiger partial charge on any atom is -0.481 e. The van der Waals surface area contributed by atoms with Crippen LogP contribution in [0.25, 0.3) is 0 Å². The van der Waals surface area contributed by atoms with Crippen LogP contribution >= 0.6 is 0 Å². The van der Waals surface area contributed by atoms with Crippen LogP contribution in [0.3, 0.4) is 0 Å². The van der Waals surface area contributed by atoms with Crippen LogP contribution in [0.15, 0.2) is 0 Å². The molecule has 27 heavy (non-hydrogen) atoms. The molecule has 1 unspecified atom stereocenters. The van der Waals surface area contributed by atoms with Gasteiger partial charge in [-0.2, -0.15) is 0 Å². The second-order valence-corrected chi connectivity index (χ2v) is 7.40. The van der Waals surface area contributed by atoms with Crippen molar-refractivity contribution in [3.8, 4) is 0 Å². The van der Waals surface area contributed by atoms with Gasteiger partial charge in [-0.05, 0) is 6.42 Å². The summed E-state index contributed by atoms with van der Waals surface area (Å²) in [7, 11) is 0. The Bertz CT molecular complexity index is 283. The largest absolute Gasteiger partial charge is 0.481 e. The van der Waals surface area contributed by atoms with Gasteiger partial charge in [0.05, 0.1) is 25.7 Å². The van der Waals surface area contributed by atoms with Gasteiger partial charge >= 0.3 is 5.97 Å². The average Bonchev–Trinajstić information content (AvgIpc) is 2.66. The molecule has 0 aliphatic heterocycles. The minimum absolute atomic E-state index is 0.0833. The van der Waals surface area contributed by atoms with Crippen LogP contribution < -0.4 is 5.73 Å². The number of carbonyl (C=O) groups is 1. The Morgan fingerprint density at radius 2 is 1.30 bits per heavy atom. The molecule has 0 amide bonds. The van der Waals surface area contributed by atoms with Gasteiger partial charge in [0.2, 0.25) is 0 Å². The van der Waals surface area contributed by atoms with Gasteiger partial charge in [0.15, 0.2) is 0 Å². The summed E-state index contributed by atoms with van der Waals surface area (Å²) >= 11 is 0. The smallest absolute Gasteiger partial charge is 0.306 e. The maximum Gasteiger partial charge on any atom is 0.306 e. The summed E-state index contributed by atoms with van der Waals surface area (Å²) in [5, 5.41) is 16.9. The van der Waals surface area contributed by atoms with E-state index in [1.165, 1.54) is 77.0 Å². The summed E-state index contributed by atoms with van der Waals surface area (Å²) in [5.74, 6) is -0.813. The van der Waals surface area contributed by atoms with E-state index in [0.29, 0.717) is 19.8 Å². The van der Waals surface area contributed by atoms with Gasteiger partial charge in [-0.15, -0.1) is 0 Å². The second-order valence-electron chi connectivity index (χ2n) is 7.40. The molecule has 1 atom stereocenters. The van der Waals surface area contributed by atoms with E-state index < -0.39 is 5.97 Å². The van der Waals surface area contributed by atoms with Crippen molar-refractivity contribution in [2.24, 2.45) is 11.7 Å². The number of unbranched alkanes of at least 4 members (excludes halogenated alkanes) is 12. The second kappa shape index (κ2) is 25.4. The van der Waals surface area contributed by atoms with Gasteiger partial charge in [-0.25, -0.2) is 0 Å². The molecule has 0 heterocycles. The van der Waals surface area contributed by atoms with E-state index in [1.54, 1.807) is 0 Å². The number of carboxylic acids is 1. The highest BCUT2D eigenvalue weighted by molar-refractivity contribution is 5.69. The molecule has 0 aliphatic carbocycles. The SMILES string of the molecule is CCCCCCCCCCCCCCCC(C)C(=O)O.NCCOCCO. The first kappa shape index (κ1) is 28.6. The third-order valence-corrected chi connectivity index (χ3v) is 4.66. The van der Waals surface area contributed by atoms with Crippen LogP contribution in [-0.4, -0.2) is 42.5 Å². The van der Waals surface area contributed by atoms with Crippen LogP contribution in [0.1, 0.15) is 104 Å². The van der Waals surface area contributed by atoms with Gasteiger partial charge in [0, 0.05) is 6.54 Å². The molecule has 4 N–H and O–H groups in total. The fourth-order valence-corrected chi connectivity index (χ4v) is 2.84. The number of hydrogen-bond donors (Lipinski definition) is 3. The van der Waals surface area contributed by atoms with E-state index in [0.717, 1.165) is 12.8 Å². The first-order valence-electron chi connectivity index (χ1n) is 11.2. The Labute approximate surface area is 168 Å². The summed E-state index contributed by atoms with van der Waals surface area (Å²) in [6, 6.07) is 0. The zero-order valence-corrected chi connectivity index (χ0v) is 18.1. The van der Waals surface area contributed by atoms with Crippen LogP contribution in [0, 0.1) is 5.92 Å². The molecule has 0 aromatic rings. The van der Waals surface area contributed by atoms with Gasteiger partial charge in [-0.3, -0.25) is 4.79 Å². The van der Waals surface area contributed by atoms with E-state index >= 15 is 0 Å². The topological polar surface area (TPSA) is 92.8 Å². The zero-order chi connectivity index (χ0) is 20.6. The Balaban J connectivity index is 0. The summed E-state index contributed by atoms with van der Waals surface area (Å²) in [5.41, 5.74) is 5.06. The lowest BCUT2D eigenvalue weighted by Gasteiger charge is -2.05. The van der Waals surface area contributed by atoms with Crippen LogP contribution in [0.4, 0.5) is 0 Å². The maximum absolute atomic E-state index is 10.6. The van der Waals surface area contributed by atoms with Crippen molar-refractivity contribution in [3.05, 3.63) is 0 Å². The summed E-state index contributed by atoms with van der Waals surface area (Å²) in [6.45, 7) is 5.63. The van der Waals surface area contributed by atoms with E-state index in [1.807, 2.05) is 6.92 Å². The molecule has 5 heteroatoms. The number of carboxylic acid groups (broad SMARTS) is 1. The lowest BCUT2D eigenvalue weighted by molar-refractivity contribution is -0.141. The van der Waals surface area contributed by atoms with Crippen molar-refractivity contribution in [3.63, 3.8) is 0 Å². The van der Waals surface area contributed by atoms with E-state index in [2.05, 4.69) is 6.92 Å². The normalized spacial score (nSPS) is 11.7. The van der Waals surface area contributed by atoms with Crippen molar-refractivity contribution in [2.45, 2.75) is 104 Å². The van der Waals surface area contributed by atoms with Crippen molar-refractivity contribution >= 4 is 5.97 Å². The molecule has 0 radical (unpaired) electrons. The van der Waals surface area contributed by atoms with Gasteiger partial charge < -0.3 is 20.7 Å². The summed E-state index contributed by atoms with van der Waals surface area (Å²) < 4.78 is 4.76. The molecule has 0 aromatic carbocycles. The van der Waals surface area contributed by atoms with Gasteiger partial charge in [0.25, 0.3) is 0 Å². The Hall–Kier alpha value is -0.650. The Morgan fingerprint density at radius 3 is 1.67 bits per heavy atom. The number of aliphatic hydroxyl groups excluding tert-OH is 1. The number of rotatable bonds is 19. The van der Waals surface area contributed by atoms with E-state index in [9.17, 15) is 4.79 Å². The molecule has 0 rings (SSSR count). The standard InChI is InChI=1S/C18H36O2.C4H11NO2/c1-3-4-5-6-7-8-9-10-11-12-13-14-15-16-17(2)18(19)20;5-1-3-7-4-2-6/h17H,3-16H2,1-2H3,(H,19,20);6H,1-5H2. The molecule has 0 bridgehead atoms. The lowest BCUT2D eigenvalue weighted by Crippen LogP contribution is -2.10. The molecule has 0 aliphatic rings. The predicted octanol–water partition coefficient (Wildman–Crippen LogP) is 5.14. The first-order chi connectivity index (χ1) is 13.1. The first-order valence-corrected chi connectivity index (χ1v) is 11.2. The number of ether oxygens (including phenoxy) is 1. The highest BCUT2D eigenvalue weighted by atomic mass is 16.5. The summed E-state index contributed by atoms with van der Waals surface area (Å²) in [6.07, 6.45) is 18.3. The minimum atomic E-state index is -0.649. The average molecular weight is 390 g/mol. The number of nitrogens with two attached hydrogens (primary N) is 1. The quantitative estimate of drug-likeness (QED) is 0.266. The highest BCUT2D eigenvalue weighted by Crippen LogP contribution is 2.14. The highest BCUT2D eigenvalue weighted by Gasteiger charge is 2.09. The fraction of sp³-hybridized carbons (Fsp3) is 0.955. The van der Waals surface area contributed by atoms with Crippen LogP contribution in [-0.2, 0) is 9.53 Å². The molecule has 164 valence electrons. The van der Waals surface area contributed by atoms with Crippen molar-refractivity contribution in [2.75, 3.05) is 26.4 Å². The molecule has 5 nitrogen and oxygen atoms in total. The number of aliphatic hydroxyl groups is 1. The maximum atomic E-state index is 10.6. The Kier molecular flexibility index (Phi) is 26.8. The molecule has 0 saturated heterocycles. The monoisotopic (exact) mass is 389 g/mol. The van der Waals surface area contributed by atoms with E-state index in [4.69, 9.17) is 20.7 Å². The lowest BCUT2D eigenvalue weighted by atomic mass is 10.0. The molecular formula is C22H47NO4. The number of aliphatic carboxylic acids is 1. The van der Waals surface area contributed by atoms with Crippen LogP contribution in [0.2, 0.25) is 0 Å². The molecular weight excluding hydrogens is 342 g/mol. The molecule has 0 spiro atoms. The van der Waals surface area contributed by atoms with Crippen molar-refractivity contribution < 1.29 is 19.7 Å². The zero-order valence-electron chi connectivity index (χ0n) is 18.1. The predicted molar refractivity (Wildman–Crippen MR) is 114 cm³/mol.